The van der Waals surface area contributed by atoms with Gasteiger partial charge in [-0.1, -0.05) is 20.8 Å². The molecule has 1 saturated carbocycles. The summed E-state index contributed by atoms with van der Waals surface area (Å²) < 4.78 is 14.7. The molecule has 1 aliphatic rings. The molecule has 2 aromatic heterocycles. The van der Waals surface area contributed by atoms with Gasteiger partial charge in [0.15, 0.2) is 0 Å². The SMILES string of the molecule is Cc1cc(F)c(NC(=O)NCCC(C)(C)C)cc1-c1cc(-c2ccnc(NC(=O)C3CC3)c2)cnn1. The van der Waals surface area contributed by atoms with Gasteiger partial charge in [0.25, 0.3) is 0 Å². The molecule has 3 N–H and O–H groups in total. The van der Waals surface area contributed by atoms with Gasteiger partial charge in [-0.05, 0) is 73.1 Å². The zero-order valence-corrected chi connectivity index (χ0v) is 21.0. The van der Waals surface area contributed by atoms with E-state index in [4.69, 9.17) is 0 Å². The van der Waals surface area contributed by atoms with Crippen molar-refractivity contribution in [2.24, 2.45) is 11.3 Å². The minimum absolute atomic E-state index is 0.0161. The molecule has 9 heteroatoms. The predicted molar refractivity (Wildman–Crippen MR) is 138 cm³/mol. The van der Waals surface area contributed by atoms with Crippen molar-refractivity contribution in [3.8, 4) is 22.4 Å². The number of anilines is 2. The second kappa shape index (κ2) is 10.4. The molecule has 0 spiro atoms. The Kier molecular flexibility index (Phi) is 7.28. The van der Waals surface area contributed by atoms with Gasteiger partial charge in [-0.25, -0.2) is 14.2 Å². The van der Waals surface area contributed by atoms with Crippen molar-refractivity contribution in [1.82, 2.24) is 20.5 Å². The molecule has 3 aromatic rings. The van der Waals surface area contributed by atoms with Crippen molar-refractivity contribution in [2.75, 3.05) is 17.2 Å². The number of benzene rings is 1. The zero-order chi connectivity index (χ0) is 25.9. The highest BCUT2D eigenvalue weighted by molar-refractivity contribution is 5.94. The Hall–Kier alpha value is -3.88. The van der Waals surface area contributed by atoms with Gasteiger partial charge < -0.3 is 16.0 Å². The minimum Gasteiger partial charge on any atom is -0.338 e. The summed E-state index contributed by atoms with van der Waals surface area (Å²) in [7, 11) is 0. The maximum absolute atomic E-state index is 14.7. The highest BCUT2D eigenvalue weighted by Crippen LogP contribution is 2.32. The Morgan fingerprint density at radius 1 is 1.08 bits per heavy atom. The maximum Gasteiger partial charge on any atom is 0.319 e. The Morgan fingerprint density at radius 3 is 2.58 bits per heavy atom. The number of nitrogens with one attached hydrogen (secondary N) is 3. The summed E-state index contributed by atoms with van der Waals surface area (Å²) >= 11 is 0. The van der Waals surface area contributed by atoms with E-state index < -0.39 is 11.8 Å². The standard InChI is InChI=1S/C27H31FN6O2/c1-16-11-21(28)23(32-26(36)30-10-8-27(2,3)4)14-20(16)22-12-19(15-31-34-22)18-7-9-29-24(13-18)33-25(35)17-5-6-17/h7,9,11-15,17H,5-6,8,10H2,1-4H3,(H,29,33,35)(H2,30,32,36). The van der Waals surface area contributed by atoms with Crippen LogP contribution in [0.4, 0.5) is 20.7 Å². The van der Waals surface area contributed by atoms with Crippen LogP contribution in [0.1, 0.15) is 45.6 Å². The number of nitrogens with zero attached hydrogens (tertiary/aromatic N) is 3. The van der Waals surface area contributed by atoms with E-state index in [0.29, 0.717) is 29.2 Å². The summed E-state index contributed by atoms with van der Waals surface area (Å²) in [6.07, 6.45) is 5.87. The lowest BCUT2D eigenvalue weighted by molar-refractivity contribution is -0.117. The Morgan fingerprint density at radius 2 is 1.86 bits per heavy atom. The molecule has 0 radical (unpaired) electrons. The van der Waals surface area contributed by atoms with E-state index in [0.717, 1.165) is 30.4 Å². The second-order valence-electron chi connectivity index (χ2n) is 10.4. The molecule has 0 bridgehead atoms. The number of carbonyl (C=O) groups is 2. The van der Waals surface area contributed by atoms with Crippen molar-refractivity contribution in [1.29, 1.82) is 0 Å². The number of urea groups is 1. The lowest BCUT2D eigenvalue weighted by atomic mass is 9.92. The lowest BCUT2D eigenvalue weighted by Gasteiger charge is -2.18. The number of aryl methyl sites for hydroxylation is 1. The van der Waals surface area contributed by atoms with Gasteiger partial charge in [0, 0.05) is 29.8 Å². The molecule has 0 aliphatic heterocycles. The first-order valence-electron chi connectivity index (χ1n) is 12.0. The zero-order valence-electron chi connectivity index (χ0n) is 21.0. The fourth-order valence-corrected chi connectivity index (χ4v) is 3.67. The topological polar surface area (TPSA) is 109 Å². The molecule has 0 saturated heterocycles. The van der Waals surface area contributed by atoms with Crippen LogP contribution in [0.5, 0.6) is 0 Å². The molecule has 0 atom stereocenters. The van der Waals surface area contributed by atoms with Gasteiger partial charge in [-0.3, -0.25) is 4.79 Å². The first kappa shape index (κ1) is 25.2. The van der Waals surface area contributed by atoms with Crippen LogP contribution >= 0.6 is 0 Å². The molecule has 188 valence electrons. The van der Waals surface area contributed by atoms with E-state index in [-0.39, 0.29) is 22.9 Å². The fraction of sp³-hybridized carbons (Fsp3) is 0.370. The first-order chi connectivity index (χ1) is 17.1. The number of hydrogen-bond acceptors (Lipinski definition) is 5. The molecule has 36 heavy (non-hydrogen) atoms. The average Bonchev–Trinajstić information content (AvgIpc) is 3.66. The molecule has 8 nitrogen and oxygen atoms in total. The largest absolute Gasteiger partial charge is 0.338 e. The maximum atomic E-state index is 14.7. The number of pyridine rings is 1. The van der Waals surface area contributed by atoms with Gasteiger partial charge in [-0.15, -0.1) is 0 Å². The molecule has 3 amide bonds. The Balaban J connectivity index is 1.54. The third kappa shape index (κ3) is 6.62. The normalized spacial score (nSPS) is 13.2. The van der Waals surface area contributed by atoms with Gasteiger partial charge in [0.2, 0.25) is 5.91 Å². The number of aromatic nitrogens is 3. The highest BCUT2D eigenvalue weighted by Gasteiger charge is 2.29. The monoisotopic (exact) mass is 490 g/mol. The van der Waals surface area contributed by atoms with E-state index in [1.165, 1.54) is 6.07 Å². The summed E-state index contributed by atoms with van der Waals surface area (Å²) in [5.41, 5.74) is 3.55. The quantitative estimate of drug-likeness (QED) is 0.402. The summed E-state index contributed by atoms with van der Waals surface area (Å²) in [6, 6.07) is 7.91. The van der Waals surface area contributed by atoms with Gasteiger partial charge >= 0.3 is 6.03 Å². The summed E-state index contributed by atoms with van der Waals surface area (Å²) in [5, 5.41) is 16.6. The average molecular weight is 491 g/mol. The molecular weight excluding hydrogens is 459 g/mol. The van der Waals surface area contributed by atoms with E-state index in [1.54, 1.807) is 31.5 Å². The smallest absolute Gasteiger partial charge is 0.319 e. The predicted octanol–water partition coefficient (Wildman–Crippen LogP) is 5.56. The van der Waals surface area contributed by atoms with E-state index in [1.807, 2.05) is 12.1 Å². The number of amides is 3. The van der Waals surface area contributed by atoms with Crippen molar-refractivity contribution >= 4 is 23.4 Å². The van der Waals surface area contributed by atoms with E-state index in [9.17, 15) is 14.0 Å². The van der Waals surface area contributed by atoms with Crippen LogP contribution < -0.4 is 16.0 Å². The minimum atomic E-state index is -0.531. The third-order valence-electron chi connectivity index (χ3n) is 5.95. The van der Waals surface area contributed by atoms with Crippen molar-refractivity contribution in [3.63, 3.8) is 0 Å². The number of hydrogen-bond donors (Lipinski definition) is 3. The number of halogens is 1. The molecule has 1 aliphatic carbocycles. The molecule has 4 rings (SSSR count). The molecular formula is C27H31FN6O2. The Bertz CT molecular complexity index is 1280. The van der Waals surface area contributed by atoms with Crippen LogP contribution in [0.15, 0.2) is 42.7 Å². The fourth-order valence-electron chi connectivity index (χ4n) is 3.67. The first-order valence-corrected chi connectivity index (χ1v) is 12.0. The summed E-state index contributed by atoms with van der Waals surface area (Å²) in [4.78, 5) is 28.7. The lowest BCUT2D eigenvalue weighted by Crippen LogP contribution is -2.31. The van der Waals surface area contributed by atoms with Crippen LogP contribution in [0, 0.1) is 24.1 Å². The van der Waals surface area contributed by atoms with E-state index in [2.05, 4.69) is 51.9 Å². The van der Waals surface area contributed by atoms with E-state index >= 15 is 0 Å². The van der Waals surface area contributed by atoms with Crippen LogP contribution in [-0.4, -0.2) is 33.7 Å². The van der Waals surface area contributed by atoms with Gasteiger partial charge in [-0.2, -0.15) is 10.2 Å². The molecule has 2 heterocycles. The van der Waals surface area contributed by atoms with Gasteiger partial charge in [0.1, 0.15) is 11.6 Å². The van der Waals surface area contributed by atoms with Gasteiger partial charge in [0.05, 0.1) is 17.6 Å². The Labute approximate surface area is 210 Å². The van der Waals surface area contributed by atoms with Crippen LogP contribution in [0.25, 0.3) is 22.4 Å². The van der Waals surface area contributed by atoms with Crippen LogP contribution in [0.3, 0.4) is 0 Å². The van der Waals surface area contributed by atoms with Crippen molar-refractivity contribution < 1.29 is 14.0 Å². The highest BCUT2D eigenvalue weighted by atomic mass is 19.1. The third-order valence-corrected chi connectivity index (χ3v) is 5.95. The van der Waals surface area contributed by atoms with Crippen molar-refractivity contribution in [3.05, 3.63) is 54.1 Å². The summed E-state index contributed by atoms with van der Waals surface area (Å²) in [6.45, 7) is 8.52. The molecule has 1 fully saturated rings. The number of rotatable bonds is 7. The number of carbonyl (C=O) groups excluding carboxylic acids is 2. The van der Waals surface area contributed by atoms with Crippen LogP contribution in [0.2, 0.25) is 0 Å². The molecule has 1 aromatic carbocycles. The summed E-state index contributed by atoms with van der Waals surface area (Å²) in [5.74, 6) is 0.00767. The second-order valence-corrected chi connectivity index (χ2v) is 10.4. The molecule has 0 unspecified atom stereocenters. The van der Waals surface area contributed by atoms with Crippen LogP contribution in [-0.2, 0) is 4.79 Å². The van der Waals surface area contributed by atoms with Crippen molar-refractivity contribution in [2.45, 2.75) is 47.0 Å².